The molecule has 0 saturated carbocycles. The molecule has 0 unspecified atom stereocenters. The molecule has 3 nitrogen and oxygen atoms in total. The molecule has 1 aromatic rings. The molecule has 0 bridgehead atoms. The second-order valence-electron chi connectivity index (χ2n) is 2.95. The van der Waals surface area contributed by atoms with Crippen LogP contribution in [0, 0.1) is 11.3 Å². The summed E-state index contributed by atoms with van der Waals surface area (Å²) in [5, 5.41) is 7.30. The Morgan fingerprint density at radius 2 is 2.00 bits per heavy atom. The summed E-state index contributed by atoms with van der Waals surface area (Å²) in [6.45, 7) is 0. The molecule has 0 spiro atoms. The van der Waals surface area contributed by atoms with E-state index < -0.39 is 33.7 Å². The minimum atomic E-state index is -4.94. The molecule has 17 heavy (non-hydrogen) atoms. The largest absolute Gasteiger partial charge is 0.418 e. The van der Waals surface area contributed by atoms with Crippen LogP contribution < -0.4 is 0 Å². The second-order valence-corrected chi connectivity index (χ2v) is 3.30. The second kappa shape index (κ2) is 4.55. The van der Waals surface area contributed by atoms with Gasteiger partial charge in [-0.25, -0.2) is 0 Å². The highest BCUT2D eigenvalue weighted by Crippen LogP contribution is 2.36. The van der Waals surface area contributed by atoms with Gasteiger partial charge in [-0.3, -0.25) is 9.59 Å². The Bertz CT molecular complexity index is 532. The normalized spacial score (nSPS) is 10.8. The van der Waals surface area contributed by atoms with Crippen LogP contribution in [0.5, 0.6) is 0 Å². The quantitative estimate of drug-likeness (QED) is 0.607. The summed E-state index contributed by atoms with van der Waals surface area (Å²) < 4.78 is 38.1. The molecule has 0 radical (unpaired) electrons. The number of hydrogen-bond acceptors (Lipinski definition) is 3. The zero-order chi connectivity index (χ0) is 13.2. The summed E-state index contributed by atoms with van der Waals surface area (Å²) in [5.41, 5.74) is -3.67. The summed E-state index contributed by atoms with van der Waals surface area (Å²) in [6.07, 6.45) is -4.83. The number of halogens is 4. The number of nitrogens with zero attached hydrogens (tertiary/aromatic N) is 1. The Morgan fingerprint density at radius 1 is 1.41 bits per heavy atom. The zero-order valence-electron chi connectivity index (χ0n) is 8.01. The van der Waals surface area contributed by atoms with Gasteiger partial charge in [-0.2, -0.15) is 18.4 Å². The van der Waals surface area contributed by atoms with Crippen LogP contribution in [-0.2, 0) is 6.18 Å². The highest BCUT2D eigenvalue weighted by Gasteiger charge is 2.38. The topological polar surface area (TPSA) is 57.9 Å². The SMILES string of the molecule is N#Cc1c(C=O)ccc(C(=O)Cl)c1C(F)(F)F. The van der Waals surface area contributed by atoms with Gasteiger partial charge in [-0.05, 0) is 23.7 Å². The number of alkyl halides is 3. The lowest BCUT2D eigenvalue weighted by molar-refractivity contribution is -0.138. The molecule has 7 heteroatoms. The molecular weight excluding hydrogens is 259 g/mol. The average molecular weight is 262 g/mol. The average Bonchev–Trinajstić information content (AvgIpc) is 2.25. The van der Waals surface area contributed by atoms with Gasteiger partial charge in [0.25, 0.3) is 5.24 Å². The van der Waals surface area contributed by atoms with Gasteiger partial charge >= 0.3 is 6.18 Å². The van der Waals surface area contributed by atoms with Crippen molar-refractivity contribution in [2.24, 2.45) is 0 Å². The van der Waals surface area contributed by atoms with E-state index in [0.29, 0.717) is 0 Å². The maximum Gasteiger partial charge on any atom is 0.418 e. The van der Waals surface area contributed by atoms with E-state index in [1.54, 1.807) is 0 Å². The molecule has 88 valence electrons. The third-order valence-corrected chi connectivity index (χ3v) is 2.18. The lowest BCUT2D eigenvalue weighted by Gasteiger charge is -2.13. The number of aldehydes is 1. The predicted molar refractivity (Wildman–Crippen MR) is 51.7 cm³/mol. The Morgan fingerprint density at radius 3 is 2.35 bits per heavy atom. The maximum absolute atomic E-state index is 12.7. The van der Waals surface area contributed by atoms with Gasteiger partial charge in [0.05, 0.1) is 11.1 Å². The fourth-order valence-electron chi connectivity index (χ4n) is 1.30. The van der Waals surface area contributed by atoms with Crippen LogP contribution in [0.2, 0.25) is 0 Å². The molecule has 0 N–H and O–H groups in total. The molecule has 0 aliphatic rings. The van der Waals surface area contributed by atoms with Crippen LogP contribution in [0.15, 0.2) is 12.1 Å². The number of benzene rings is 1. The molecule has 0 heterocycles. The van der Waals surface area contributed by atoms with E-state index >= 15 is 0 Å². The summed E-state index contributed by atoms with van der Waals surface area (Å²) >= 11 is 5.00. The van der Waals surface area contributed by atoms with E-state index in [0.717, 1.165) is 12.1 Å². The first-order chi connectivity index (χ1) is 7.82. The lowest BCUT2D eigenvalue weighted by Crippen LogP contribution is -2.15. The minimum Gasteiger partial charge on any atom is -0.298 e. The summed E-state index contributed by atoms with van der Waals surface area (Å²) in [4.78, 5) is 21.4. The van der Waals surface area contributed by atoms with E-state index in [1.165, 1.54) is 6.07 Å². The fourth-order valence-corrected chi connectivity index (χ4v) is 1.45. The van der Waals surface area contributed by atoms with Gasteiger partial charge in [-0.15, -0.1) is 0 Å². The maximum atomic E-state index is 12.7. The number of nitriles is 1. The molecule has 0 atom stereocenters. The van der Waals surface area contributed by atoms with Crippen LogP contribution >= 0.6 is 11.6 Å². The van der Waals surface area contributed by atoms with Gasteiger partial charge in [0.2, 0.25) is 0 Å². The van der Waals surface area contributed by atoms with Gasteiger partial charge in [-0.1, -0.05) is 0 Å². The standard InChI is InChI=1S/C10H3ClF3NO2/c11-9(17)6-2-1-5(4-16)7(3-15)8(6)10(12,13)14/h1-2,4H. The van der Waals surface area contributed by atoms with Crippen LogP contribution in [-0.4, -0.2) is 11.5 Å². The van der Waals surface area contributed by atoms with Crippen LogP contribution in [0.3, 0.4) is 0 Å². The molecule has 1 rings (SSSR count). The van der Waals surface area contributed by atoms with Crippen molar-refractivity contribution in [1.82, 2.24) is 0 Å². The van der Waals surface area contributed by atoms with Crippen molar-refractivity contribution in [2.75, 3.05) is 0 Å². The lowest BCUT2D eigenvalue weighted by atomic mass is 9.97. The predicted octanol–water partition coefficient (Wildman–Crippen LogP) is 2.77. The Kier molecular flexibility index (Phi) is 3.53. The van der Waals surface area contributed by atoms with Gasteiger partial charge in [0, 0.05) is 11.1 Å². The smallest absolute Gasteiger partial charge is 0.298 e. The van der Waals surface area contributed by atoms with Crippen LogP contribution in [0.4, 0.5) is 13.2 Å². The number of hydrogen-bond donors (Lipinski definition) is 0. The van der Waals surface area contributed by atoms with E-state index in [1.807, 2.05) is 0 Å². The van der Waals surface area contributed by atoms with Crippen molar-refractivity contribution in [3.8, 4) is 6.07 Å². The highest BCUT2D eigenvalue weighted by molar-refractivity contribution is 6.68. The first-order valence-electron chi connectivity index (χ1n) is 4.12. The van der Waals surface area contributed by atoms with Crippen molar-refractivity contribution in [2.45, 2.75) is 6.18 Å². The Balaban J connectivity index is 3.76. The highest BCUT2D eigenvalue weighted by atomic mass is 35.5. The third-order valence-electron chi connectivity index (χ3n) is 1.97. The van der Waals surface area contributed by atoms with Crippen LogP contribution in [0.1, 0.15) is 31.8 Å². The molecule has 0 aliphatic heterocycles. The summed E-state index contributed by atoms with van der Waals surface area (Å²) in [5.74, 6) is 0. The summed E-state index contributed by atoms with van der Waals surface area (Å²) in [7, 11) is 0. The first kappa shape index (κ1) is 13.2. The van der Waals surface area contributed by atoms with Crippen LogP contribution in [0.25, 0.3) is 0 Å². The molecule has 0 amide bonds. The zero-order valence-corrected chi connectivity index (χ0v) is 8.76. The van der Waals surface area contributed by atoms with E-state index in [4.69, 9.17) is 16.9 Å². The van der Waals surface area contributed by atoms with Crippen molar-refractivity contribution in [3.63, 3.8) is 0 Å². The van der Waals surface area contributed by atoms with E-state index in [2.05, 4.69) is 0 Å². The van der Waals surface area contributed by atoms with Crippen molar-refractivity contribution >= 4 is 23.1 Å². The third kappa shape index (κ3) is 2.45. The minimum absolute atomic E-state index is 0.107. The molecule has 0 saturated heterocycles. The van der Waals surface area contributed by atoms with Crippen molar-refractivity contribution < 1.29 is 22.8 Å². The van der Waals surface area contributed by atoms with Gasteiger partial charge in [0.1, 0.15) is 6.07 Å². The number of rotatable bonds is 2. The Hall–Kier alpha value is -1.87. The van der Waals surface area contributed by atoms with Crippen molar-refractivity contribution in [1.29, 1.82) is 5.26 Å². The molecule has 0 aliphatic carbocycles. The molecular formula is C10H3ClF3NO2. The number of carbonyl (C=O) groups excluding carboxylic acids is 2. The molecule has 0 fully saturated rings. The summed E-state index contributed by atoms with van der Waals surface area (Å²) in [6, 6.07) is 2.96. The molecule has 1 aromatic carbocycles. The van der Waals surface area contributed by atoms with E-state index in [-0.39, 0.29) is 6.29 Å². The van der Waals surface area contributed by atoms with Crippen molar-refractivity contribution in [3.05, 3.63) is 34.4 Å². The Labute approximate surface area is 98.4 Å². The van der Waals surface area contributed by atoms with E-state index in [9.17, 15) is 22.8 Å². The first-order valence-corrected chi connectivity index (χ1v) is 4.50. The van der Waals surface area contributed by atoms with Gasteiger partial charge in [0.15, 0.2) is 6.29 Å². The fraction of sp³-hybridized carbons (Fsp3) is 0.100. The van der Waals surface area contributed by atoms with Gasteiger partial charge < -0.3 is 0 Å². The molecule has 0 aromatic heterocycles. The monoisotopic (exact) mass is 261 g/mol. The number of carbonyl (C=O) groups is 2.